The van der Waals surface area contributed by atoms with Crippen LogP contribution in [0.1, 0.15) is 56.1 Å². The van der Waals surface area contributed by atoms with E-state index in [0.29, 0.717) is 73.3 Å². The summed E-state index contributed by atoms with van der Waals surface area (Å²) < 4.78 is 5.26. The Kier molecular flexibility index (Phi) is 9.13. The molecule has 12 nitrogen and oxygen atoms in total. The number of amides is 5. The highest BCUT2D eigenvalue weighted by atomic mass is 35.5. The number of hydrogen-bond acceptors (Lipinski definition) is 6. The van der Waals surface area contributed by atoms with Gasteiger partial charge in [-0.15, -0.1) is 0 Å². The van der Waals surface area contributed by atoms with Gasteiger partial charge in [0.1, 0.15) is 11.6 Å². The first-order chi connectivity index (χ1) is 22.8. The molecular formula is C34H42ClN7O5. The highest BCUT2D eigenvalue weighted by Gasteiger charge is 2.35. The van der Waals surface area contributed by atoms with Crippen LogP contribution in [0.2, 0.25) is 5.02 Å². The lowest BCUT2D eigenvalue weighted by Crippen LogP contribution is -2.57. The highest BCUT2D eigenvalue weighted by molar-refractivity contribution is 6.34. The van der Waals surface area contributed by atoms with E-state index >= 15 is 0 Å². The maximum absolute atomic E-state index is 14.1. The summed E-state index contributed by atoms with van der Waals surface area (Å²) in [5.41, 5.74) is 3.31. The summed E-state index contributed by atoms with van der Waals surface area (Å²) >= 11 is 6.46. The van der Waals surface area contributed by atoms with E-state index in [1.54, 1.807) is 17.0 Å². The Hall–Kier alpha value is -4.03. The molecule has 4 aliphatic heterocycles. The second-order valence-corrected chi connectivity index (χ2v) is 13.7. The number of rotatable bonds is 6. The SMILES string of the molecule is O=C(N[C@H](Cc1cc(Cl)c2[nH]c(=O)oc2c1)C(=O)N1CCC(N2CCCCC2)CC1)N1CCC(N2Cc3ccccc3NC2=O)CC1. The van der Waals surface area contributed by atoms with E-state index < -0.39 is 11.8 Å². The number of likely N-dealkylation sites (tertiary alicyclic amines) is 3. The standard InChI is InChI=1S/C34H42ClN7O5/c35-26-18-22(20-29-30(26)38-34(46)47-29)19-28(31(43)40-14-8-24(9-15-40)39-12-4-1-5-13-39)37-32(44)41-16-10-25(11-17-41)42-21-23-6-2-3-7-27(23)36-33(42)45/h2-3,6-7,18,20,24-25,28H,1,4-5,8-17,19,21H2,(H,36,45)(H,37,44)(H,38,46)/t28-/m1/s1. The topological polar surface area (TPSA) is 134 Å². The van der Waals surface area contributed by atoms with Gasteiger partial charge in [-0.1, -0.05) is 36.2 Å². The number of hydrogen-bond donors (Lipinski definition) is 3. The van der Waals surface area contributed by atoms with Crippen molar-refractivity contribution >= 4 is 46.4 Å². The van der Waals surface area contributed by atoms with Gasteiger partial charge in [0, 0.05) is 56.9 Å². The molecule has 0 radical (unpaired) electrons. The Balaban J connectivity index is 1.02. The van der Waals surface area contributed by atoms with E-state index in [0.717, 1.165) is 37.2 Å². The summed E-state index contributed by atoms with van der Waals surface area (Å²) in [6, 6.07) is 10.5. The lowest BCUT2D eigenvalue weighted by atomic mass is 9.98. The van der Waals surface area contributed by atoms with Gasteiger partial charge in [0.2, 0.25) is 5.91 Å². The van der Waals surface area contributed by atoms with Crippen molar-refractivity contribution in [2.75, 3.05) is 44.6 Å². The smallest absolute Gasteiger partial charge is 0.408 e. The molecule has 0 saturated carbocycles. The second kappa shape index (κ2) is 13.6. The number of nitrogens with one attached hydrogen (secondary N) is 3. The lowest BCUT2D eigenvalue weighted by Gasteiger charge is -2.42. The Morgan fingerprint density at radius 3 is 2.38 bits per heavy atom. The predicted octanol–water partition coefficient (Wildman–Crippen LogP) is 4.38. The van der Waals surface area contributed by atoms with Crippen molar-refractivity contribution in [3.05, 3.63) is 63.1 Å². The Morgan fingerprint density at radius 1 is 0.915 bits per heavy atom. The maximum atomic E-state index is 14.1. The summed E-state index contributed by atoms with van der Waals surface area (Å²) in [5, 5.41) is 6.35. The first kappa shape index (κ1) is 31.6. The predicted molar refractivity (Wildman–Crippen MR) is 178 cm³/mol. The fourth-order valence-electron chi connectivity index (χ4n) is 7.71. The van der Waals surface area contributed by atoms with Crippen molar-refractivity contribution in [3.63, 3.8) is 0 Å². The molecule has 13 heteroatoms. The number of aromatic nitrogens is 1. The van der Waals surface area contributed by atoms with Crippen molar-refractivity contribution < 1.29 is 18.8 Å². The van der Waals surface area contributed by atoms with Crippen LogP contribution in [-0.2, 0) is 17.8 Å². The fourth-order valence-corrected chi connectivity index (χ4v) is 7.99. The number of urea groups is 2. The van der Waals surface area contributed by atoms with Crippen LogP contribution in [0.25, 0.3) is 11.1 Å². The van der Waals surface area contributed by atoms with Crippen LogP contribution < -0.4 is 16.4 Å². The number of anilines is 1. The van der Waals surface area contributed by atoms with Crippen LogP contribution >= 0.6 is 11.6 Å². The molecule has 2 aromatic carbocycles. The Morgan fingerprint density at radius 2 is 1.62 bits per heavy atom. The average Bonchev–Trinajstić information content (AvgIpc) is 3.48. The van der Waals surface area contributed by atoms with Crippen LogP contribution in [0.5, 0.6) is 0 Å². The molecule has 0 spiro atoms. The van der Waals surface area contributed by atoms with Gasteiger partial charge in [-0.3, -0.25) is 9.78 Å². The molecular weight excluding hydrogens is 622 g/mol. The van der Waals surface area contributed by atoms with Crippen LogP contribution in [0.4, 0.5) is 15.3 Å². The number of oxazole rings is 1. The molecule has 3 N–H and O–H groups in total. The Bertz CT molecular complexity index is 1690. The normalized spacial score (nSPS) is 20.6. The van der Waals surface area contributed by atoms with Crippen molar-refractivity contribution in [3.8, 4) is 0 Å². The number of carbonyl (C=O) groups is 3. The van der Waals surface area contributed by atoms with Gasteiger partial charge in [-0.2, -0.15) is 0 Å². The third-order valence-corrected chi connectivity index (χ3v) is 10.6. The zero-order valence-electron chi connectivity index (χ0n) is 26.5. The minimum absolute atomic E-state index is 0.0101. The molecule has 1 atom stereocenters. The van der Waals surface area contributed by atoms with Crippen LogP contribution in [-0.4, -0.2) is 99.9 Å². The lowest BCUT2D eigenvalue weighted by molar-refractivity contribution is -0.134. The maximum Gasteiger partial charge on any atom is 0.417 e. The molecule has 0 unspecified atom stereocenters. The molecule has 3 saturated heterocycles. The van der Waals surface area contributed by atoms with Gasteiger partial charge in [0.15, 0.2) is 5.58 Å². The molecule has 0 aliphatic carbocycles. The van der Waals surface area contributed by atoms with E-state index in [2.05, 4.69) is 20.5 Å². The van der Waals surface area contributed by atoms with E-state index in [4.69, 9.17) is 16.0 Å². The zero-order valence-corrected chi connectivity index (χ0v) is 27.3. The van der Waals surface area contributed by atoms with Crippen LogP contribution in [0, 0.1) is 0 Å². The largest absolute Gasteiger partial charge is 0.417 e. The minimum Gasteiger partial charge on any atom is -0.408 e. The molecule has 4 aliphatic rings. The molecule has 5 amide bonds. The van der Waals surface area contributed by atoms with E-state index in [9.17, 15) is 19.2 Å². The highest BCUT2D eigenvalue weighted by Crippen LogP contribution is 2.29. The van der Waals surface area contributed by atoms with Gasteiger partial charge in [0.05, 0.1) is 5.02 Å². The fraction of sp³-hybridized carbons (Fsp3) is 0.529. The zero-order chi connectivity index (χ0) is 32.5. The molecule has 5 heterocycles. The average molecular weight is 664 g/mol. The Labute approximate surface area is 278 Å². The van der Waals surface area contributed by atoms with Crippen molar-refractivity contribution in [2.45, 2.75) is 76.0 Å². The number of aromatic amines is 1. The number of fused-ring (bicyclic) bond motifs is 2. The first-order valence-corrected chi connectivity index (χ1v) is 17.3. The summed E-state index contributed by atoms with van der Waals surface area (Å²) in [7, 11) is 0. The molecule has 0 bridgehead atoms. The van der Waals surface area contributed by atoms with Gasteiger partial charge < -0.3 is 34.7 Å². The van der Waals surface area contributed by atoms with Crippen LogP contribution in [0.3, 0.4) is 0 Å². The van der Waals surface area contributed by atoms with Gasteiger partial charge in [0.25, 0.3) is 0 Å². The molecule has 1 aromatic heterocycles. The summed E-state index contributed by atoms with van der Waals surface area (Å²) in [5.74, 6) is -0.730. The number of para-hydroxylation sites is 1. The number of H-pyrrole nitrogens is 1. The van der Waals surface area contributed by atoms with Gasteiger partial charge >= 0.3 is 17.8 Å². The first-order valence-electron chi connectivity index (χ1n) is 16.9. The number of carbonyl (C=O) groups excluding carboxylic acids is 3. The molecule has 7 rings (SSSR count). The number of nitrogens with zero attached hydrogens (tertiary/aromatic N) is 4. The van der Waals surface area contributed by atoms with Gasteiger partial charge in [-0.05, 0) is 80.9 Å². The quantitative estimate of drug-likeness (QED) is 0.358. The van der Waals surface area contributed by atoms with E-state index in [-0.39, 0.29) is 30.4 Å². The third kappa shape index (κ3) is 6.85. The second-order valence-electron chi connectivity index (χ2n) is 13.3. The van der Waals surface area contributed by atoms with Gasteiger partial charge in [-0.25, -0.2) is 14.4 Å². The molecule has 3 aromatic rings. The number of benzene rings is 2. The number of halogens is 1. The molecule has 47 heavy (non-hydrogen) atoms. The summed E-state index contributed by atoms with van der Waals surface area (Å²) in [4.78, 5) is 63.1. The molecule has 3 fully saturated rings. The van der Waals surface area contributed by atoms with Crippen molar-refractivity contribution in [1.82, 2.24) is 29.9 Å². The number of piperidine rings is 3. The van der Waals surface area contributed by atoms with E-state index in [1.165, 1.54) is 19.3 Å². The van der Waals surface area contributed by atoms with E-state index in [1.807, 2.05) is 34.1 Å². The molecule has 250 valence electrons. The summed E-state index contributed by atoms with van der Waals surface area (Å²) in [6.07, 6.45) is 7.08. The third-order valence-electron chi connectivity index (χ3n) is 10.3. The van der Waals surface area contributed by atoms with Crippen LogP contribution in [0.15, 0.2) is 45.6 Å². The van der Waals surface area contributed by atoms with Crippen molar-refractivity contribution in [2.24, 2.45) is 0 Å². The van der Waals surface area contributed by atoms with Crippen molar-refractivity contribution in [1.29, 1.82) is 0 Å². The minimum atomic E-state index is -0.824. The monoisotopic (exact) mass is 663 g/mol. The summed E-state index contributed by atoms with van der Waals surface area (Å²) in [6.45, 7) is 5.02.